The quantitative estimate of drug-likeness (QED) is 0.890. The van der Waals surface area contributed by atoms with Crippen LogP contribution in [0.2, 0.25) is 0 Å². The zero-order chi connectivity index (χ0) is 13.8. The lowest BCUT2D eigenvalue weighted by Gasteiger charge is -2.33. The molecule has 110 valence electrons. The topological polar surface area (TPSA) is 28.2 Å². The summed E-state index contributed by atoms with van der Waals surface area (Å²) in [6.45, 7) is 4.51. The molecule has 3 nitrogen and oxygen atoms in total. The fourth-order valence-electron chi connectivity index (χ4n) is 3.30. The van der Waals surface area contributed by atoms with E-state index in [9.17, 15) is 0 Å². The number of pyridine rings is 1. The predicted molar refractivity (Wildman–Crippen MR) is 84.0 cm³/mol. The van der Waals surface area contributed by atoms with Crippen LogP contribution in [0.3, 0.4) is 0 Å². The highest BCUT2D eigenvalue weighted by molar-refractivity contribution is 5.53. The molecule has 2 aliphatic rings. The van der Waals surface area contributed by atoms with Crippen LogP contribution in [0.1, 0.15) is 57.4 Å². The van der Waals surface area contributed by atoms with Gasteiger partial charge < -0.3 is 10.2 Å². The van der Waals surface area contributed by atoms with Gasteiger partial charge in [0.15, 0.2) is 0 Å². The van der Waals surface area contributed by atoms with Crippen LogP contribution in [-0.2, 0) is 6.54 Å². The normalized spacial score (nSPS) is 23.6. The molecule has 0 aromatic carbocycles. The fourth-order valence-corrected chi connectivity index (χ4v) is 3.30. The molecule has 0 amide bonds. The summed E-state index contributed by atoms with van der Waals surface area (Å²) >= 11 is 0. The lowest BCUT2D eigenvalue weighted by Crippen LogP contribution is -2.35. The van der Waals surface area contributed by atoms with Gasteiger partial charge in [0.05, 0.1) is 0 Å². The Morgan fingerprint density at radius 2 is 2.15 bits per heavy atom. The maximum absolute atomic E-state index is 4.35. The van der Waals surface area contributed by atoms with E-state index in [0.717, 1.165) is 12.6 Å². The van der Waals surface area contributed by atoms with Crippen LogP contribution in [-0.4, -0.2) is 23.6 Å². The first-order valence-corrected chi connectivity index (χ1v) is 8.31. The van der Waals surface area contributed by atoms with E-state index in [2.05, 4.69) is 34.4 Å². The summed E-state index contributed by atoms with van der Waals surface area (Å²) in [5, 5.41) is 3.63. The summed E-state index contributed by atoms with van der Waals surface area (Å²) in [4.78, 5) is 7.00. The molecule has 1 atom stereocenters. The number of hydrogen-bond acceptors (Lipinski definition) is 3. The van der Waals surface area contributed by atoms with E-state index in [0.29, 0.717) is 6.04 Å². The Hall–Kier alpha value is -1.09. The Kier molecular flexibility index (Phi) is 4.56. The minimum Gasteiger partial charge on any atom is -0.368 e. The van der Waals surface area contributed by atoms with Crippen molar-refractivity contribution in [2.45, 2.75) is 70.5 Å². The van der Waals surface area contributed by atoms with Gasteiger partial charge in [-0.2, -0.15) is 0 Å². The van der Waals surface area contributed by atoms with Crippen molar-refractivity contribution < 1.29 is 0 Å². The van der Waals surface area contributed by atoms with Gasteiger partial charge in [0, 0.05) is 48.8 Å². The Labute approximate surface area is 122 Å². The second-order valence-electron chi connectivity index (χ2n) is 6.26. The van der Waals surface area contributed by atoms with Gasteiger partial charge >= 0.3 is 0 Å². The van der Waals surface area contributed by atoms with E-state index in [1.54, 1.807) is 0 Å². The number of anilines is 1. The van der Waals surface area contributed by atoms with E-state index in [1.165, 1.54) is 62.7 Å². The average Bonchev–Trinajstić information content (AvgIpc) is 3.32. The first-order chi connectivity index (χ1) is 9.88. The Balaban J connectivity index is 1.78. The molecule has 0 bridgehead atoms. The molecule has 1 aromatic heterocycles. The van der Waals surface area contributed by atoms with E-state index in [4.69, 9.17) is 0 Å². The second kappa shape index (κ2) is 6.57. The minimum absolute atomic E-state index is 0.708. The minimum atomic E-state index is 0.708. The van der Waals surface area contributed by atoms with Gasteiger partial charge in [0.2, 0.25) is 0 Å². The fraction of sp³-hybridized carbons (Fsp3) is 0.706. The highest BCUT2D eigenvalue weighted by Gasteiger charge is 2.24. The summed E-state index contributed by atoms with van der Waals surface area (Å²) in [7, 11) is 0. The number of nitrogens with one attached hydrogen (secondary N) is 1. The first kappa shape index (κ1) is 13.9. The number of rotatable bonds is 5. The van der Waals surface area contributed by atoms with Crippen molar-refractivity contribution in [3.8, 4) is 0 Å². The monoisotopic (exact) mass is 273 g/mol. The molecular weight excluding hydrogens is 246 g/mol. The van der Waals surface area contributed by atoms with Crippen LogP contribution in [0.25, 0.3) is 0 Å². The zero-order valence-electron chi connectivity index (χ0n) is 12.6. The molecule has 1 aliphatic carbocycles. The molecule has 1 N–H and O–H groups in total. The van der Waals surface area contributed by atoms with Crippen LogP contribution in [0.5, 0.6) is 0 Å². The molecule has 2 heterocycles. The molecule has 2 fully saturated rings. The molecular formula is C17H27N3. The van der Waals surface area contributed by atoms with Crippen molar-refractivity contribution in [2.75, 3.05) is 11.4 Å². The van der Waals surface area contributed by atoms with E-state index in [1.807, 2.05) is 6.20 Å². The summed E-state index contributed by atoms with van der Waals surface area (Å²) in [5.41, 5.74) is 2.79. The van der Waals surface area contributed by atoms with E-state index in [-0.39, 0.29) is 0 Å². The van der Waals surface area contributed by atoms with Crippen LogP contribution < -0.4 is 10.2 Å². The molecule has 20 heavy (non-hydrogen) atoms. The molecule has 1 aliphatic heterocycles. The largest absolute Gasteiger partial charge is 0.368 e. The third kappa shape index (κ3) is 3.32. The van der Waals surface area contributed by atoms with Crippen molar-refractivity contribution >= 4 is 5.69 Å². The molecule has 3 heteroatoms. The van der Waals surface area contributed by atoms with Crippen LogP contribution in [0.4, 0.5) is 5.69 Å². The van der Waals surface area contributed by atoms with Gasteiger partial charge in [-0.1, -0.05) is 19.8 Å². The van der Waals surface area contributed by atoms with Crippen molar-refractivity contribution in [3.05, 3.63) is 24.0 Å². The van der Waals surface area contributed by atoms with Gasteiger partial charge in [-0.25, -0.2) is 0 Å². The maximum atomic E-state index is 4.35. The lowest BCUT2D eigenvalue weighted by atomic mass is 10.1. The summed E-state index contributed by atoms with van der Waals surface area (Å²) in [5.74, 6) is 0. The second-order valence-corrected chi connectivity index (χ2v) is 6.26. The Bertz CT molecular complexity index is 428. The number of nitrogens with zero attached hydrogens (tertiary/aromatic N) is 2. The SMILES string of the molecule is CCC1CCCCCN1c1ccncc1CNC1CC1. The smallest absolute Gasteiger partial charge is 0.0445 e. The van der Waals surface area contributed by atoms with Gasteiger partial charge in [0.25, 0.3) is 0 Å². The summed E-state index contributed by atoms with van der Waals surface area (Å²) < 4.78 is 0. The maximum Gasteiger partial charge on any atom is 0.0445 e. The van der Waals surface area contributed by atoms with Crippen molar-refractivity contribution in [1.29, 1.82) is 0 Å². The third-order valence-corrected chi connectivity index (χ3v) is 4.69. The Morgan fingerprint density at radius 1 is 1.25 bits per heavy atom. The van der Waals surface area contributed by atoms with Crippen molar-refractivity contribution in [2.24, 2.45) is 0 Å². The van der Waals surface area contributed by atoms with Gasteiger partial charge in [0.1, 0.15) is 0 Å². The number of aromatic nitrogens is 1. The predicted octanol–water partition coefficient (Wildman–Crippen LogP) is 3.49. The Morgan fingerprint density at radius 3 is 2.95 bits per heavy atom. The molecule has 3 rings (SSSR count). The van der Waals surface area contributed by atoms with Crippen molar-refractivity contribution in [3.63, 3.8) is 0 Å². The van der Waals surface area contributed by atoms with Gasteiger partial charge in [-0.15, -0.1) is 0 Å². The molecule has 1 aromatic rings. The van der Waals surface area contributed by atoms with Gasteiger partial charge in [-0.05, 0) is 38.2 Å². The first-order valence-electron chi connectivity index (χ1n) is 8.31. The molecule has 0 radical (unpaired) electrons. The van der Waals surface area contributed by atoms with Crippen LogP contribution >= 0.6 is 0 Å². The van der Waals surface area contributed by atoms with E-state index < -0.39 is 0 Å². The van der Waals surface area contributed by atoms with Gasteiger partial charge in [-0.3, -0.25) is 4.98 Å². The molecule has 1 unspecified atom stereocenters. The highest BCUT2D eigenvalue weighted by atomic mass is 15.2. The molecule has 0 spiro atoms. The average molecular weight is 273 g/mol. The van der Waals surface area contributed by atoms with E-state index >= 15 is 0 Å². The van der Waals surface area contributed by atoms with Crippen LogP contribution in [0, 0.1) is 0 Å². The lowest BCUT2D eigenvalue weighted by molar-refractivity contribution is 0.553. The summed E-state index contributed by atoms with van der Waals surface area (Å²) in [6, 6.07) is 3.69. The number of hydrogen-bond donors (Lipinski definition) is 1. The van der Waals surface area contributed by atoms with Crippen LogP contribution in [0.15, 0.2) is 18.5 Å². The zero-order valence-corrected chi connectivity index (χ0v) is 12.6. The molecule has 1 saturated carbocycles. The highest BCUT2D eigenvalue weighted by Crippen LogP contribution is 2.29. The molecule has 1 saturated heterocycles. The summed E-state index contributed by atoms with van der Waals surface area (Å²) in [6.07, 6.45) is 13.4. The van der Waals surface area contributed by atoms with Crippen molar-refractivity contribution in [1.82, 2.24) is 10.3 Å². The standard InChI is InChI=1S/C17H27N3/c1-2-16-6-4-3-5-11-20(16)17-9-10-18-12-14(17)13-19-15-7-8-15/h9-10,12,15-16,19H,2-8,11,13H2,1H3. The third-order valence-electron chi connectivity index (χ3n) is 4.69.